The van der Waals surface area contributed by atoms with Crippen LogP contribution in [0.4, 0.5) is 0 Å². The second-order valence-electron chi connectivity index (χ2n) is 7.84. The van der Waals surface area contributed by atoms with Crippen molar-refractivity contribution in [3.05, 3.63) is 62.9 Å². The number of aliphatic hydroxyl groups excluding tert-OH is 1. The molecule has 162 valence electrons. The number of nitrogens with zero attached hydrogens (tertiary/aromatic N) is 2. The molecule has 2 aliphatic rings. The van der Waals surface area contributed by atoms with Crippen LogP contribution < -0.4 is 10.9 Å². The molecule has 4 heterocycles. The number of rotatable bonds is 3. The minimum absolute atomic E-state index is 0.113. The van der Waals surface area contributed by atoms with Gasteiger partial charge in [0.25, 0.3) is 5.56 Å². The fraction of sp³-hybridized carbons (Fsp3) is 0.375. The minimum atomic E-state index is -1.44. The summed E-state index contributed by atoms with van der Waals surface area (Å²) in [7, 11) is 0. The molecule has 7 nitrogen and oxygen atoms in total. The van der Waals surface area contributed by atoms with Crippen molar-refractivity contribution < 1.29 is 14.6 Å². The van der Waals surface area contributed by atoms with Crippen LogP contribution in [0.25, 0.3) is 22.3 Å². The molecule has 0 radical (unpaired) electrons. The van der Waals surface area contributed by atoms with Gasteiger partial charge in [-0.1, -0.05) is 45.9 Å². The zero-order valence-corrected chi connectivity index (χ0v) is 18.2. The molecule has 0 fully saturated rings. The fourth-order valence-electron chi connectivity index (χ4n) is 4.17. The first-order valence-electron chi connectivity index (χ1n) is 10.7. The van der Waals surface area contributed by atoms with E-state index >= 15 is 0 Å². The lowest BCUT2D eigenvalue weighted by Crippen LogP contribution is -2.32. The van der Waals surface area contributed by atoms with E-state index in [2.05, 4.69) is 19.2 Å². The SMILES string of the molecule is CC.CC(C)NCc1c2c(nc3ccccc13)-c1cc3c(c(=O)n1C2)COC(=O)C3O. The Morgan fingerprint density at radius 1 is 1.23 bits per heavy atom. The number of hydrogen-bond donors (Lipinski definition) is 2. The maximum absolute atomic E-state index is 13.1. The van der Waals surface area contributed by atoms with E-state index in [1.165, 1.54) is 0 Å². The molecule has 0 saturated carbocycles. The highest BCUT2D eigenvalue weighted by atomic mass is 16.5. The van der Waals surface area contributed by atoms with Gasteiger partial charge in [-0.25, -0.2) is 9.78 Å². The summed E-state index contributed by atoms with van der Waals surface area (Å²) in [4.78, 5) is 29.7. The molecule has 0 bridgehead atoms. The Hall–Kier alpha value is -3.03. The molecule has 2 aromatic heterocycles. The van der Waals surface area contributed by atoms with Gasteiger partial charge in [-0.3, -0.25) is 4.79 Å². The normalized spacial score (nSPS) is 16.3. The van der Waals surface area contributed by atoms with E-state index < -0.39 is 12.1 Å². The Morgan fingerprint density at radius 2 is 1.97 bits per heavy atom. The van der Waals surface area contributed by atoms with Crippen molar-refractivity contribution in [1.29, 1.82) is 0 Å². The summed E-state index contributed by atoms with van der Waals surface area (Å²) in [6, 6.07) is 9.97. The van der Waals surface area contributed by atoms with Crippen LogP contribution in [-0.4, -0.2) is 26.7 Å². The summed E-state index contributed by atoms with van der Waals surface area (Å²) in [6.07, 6.45) is -1.44. The number of hydrogen-bond acceptors (Lipinski definition) is 6. The van der Waals surface area contributed by atoms with E-state index in [-0.39, 0.29) is 12.2 Å². The van der Waals surface area contributed by atoms with Gasteiger partial charge >= 0.3 is 5.97 Å². The number of fused-ring (bicyclic) bond motifs is 5. The lowest BCUT2D eigenvalue weighted by Gasteiger charge is -2.21. The largest absolute Gasteiger partial charge is 0.458 e. The van der Waals surface area contributed by atoms with Gasteiger partial charge in [-0.15, -0.1) is 0 Å². The summed E-state index contributed by atoms with van der Waals surface area (Å²) in [5, 5.41) is 14.8. The van der Waals surface area contributed by atoms with Gasteiger partial charge in [0.2, 0.25) is 0 Å². The van der Waals surface area contributed by atoms with Crippen LogP contribution in [0.3, 0.4) is 0 Å². The highest BCUT2D eigenvalue weighted by Crippen LogP contribution is 2.37. The van der Waals surface area contributed by atoms with E-state index in [0.717, 1.165) is 27.7 Å². The number of para-hydroxylation sites is 1. The standard InChI is InChI=1S/C22H21N3O4.C2H6/c1-11(2)23-8-14-12-5-3-4-6-17(12)24-19-15(14)9-25-18(19)7-13-16(21(25)27)10-29-22(28)20(13)26;1-2/h3-7,11,20,23,26H,8-10H2,1-2H3;1-2H3. The van der Waals surface area contributed by atoms with Crippen molar-refractivity contribution in [2.24, 2.45) is 0 Å². The monoisotopic (exact) mass is 421 g/mol. The van der Waals surface area contributed by atoms with Gasteiger partial charge in [-0.05, 0) is 17.7 Å². The molecule has 2 N–H and O–H groups in total. The van der Waals surface area contributed by atoms with Crippen LogP contribution >= 0.6 is 0 Å². The van der Waals surface area contributed by atoms with Crippen LogP contribution in [0.15, 0.2) is 35.1 Å². The number of cyclic esters (lactones) is 1. The van der Waals surface area contributed by atoms with Gasteiger partial charge < -0.3 is 19.7 Å². The van der Waals surface area contributed by atoms with E-state index in [1.807, 2.05) is 38.1 Å². The van der Waals surface area contributed by atoms with Gasteiger partial charge in [0, 0.05) is 29.1 Å². The van der Waals surface area contributed by atoms with Crippen molar-refractivity contribution in [3.8, 4) is 11.4 Å². The molecular formula is C24H27N3O4. The van der Waals surface area contributed by atoms with Crippen LogP contribution in [0.5, 0.6) is 0 Å². The van der Waals surface area contributed by atoms with Crippen molar-refractivity contribution in [3.63, 3.8) is 0 Å². The summed E-state index contributed by atoms with van der Waals surface area (Å²) in [5.41, 5.74) is 4.75. The fourth-order valence-corrected chi connectivity index (χ4v) is 4.17. The molecule has 5 rings (SSSR count). The first-order chi connectivity index (χ1) is 15.0. The highest BCUT2D eigenvalue weighted by Gasteiger charge is 2.34. The second kappa shape index (κ2) is 8.24. The Labute approximate surface area is 180 Å². The molecule has 2 aliphatic heterocycles. The Balaban J connectivity index is 0.00000112. The minimum Gasteiger partial charge on any atom is -0.458 e. The van der Waals surface area contributed by atoms with Crippen molar-refractivity contribution in [2.45, 2.75) is 59.5 Å². The third kappa shape index (κ3) is 3.43. The quantitative estimate of drug-likeness (QED) is 0.494. The first kappa shape index (κ1) is 21.2. The number of pyridine rings is 2. The third-order valence-corrected chi connectivity index (χ3v) is 5.67. The highest BCUT2D eigenvalue weighted by molar-refractivity contribution is 5.88. The van der Waals surface area contributed by atoms with Crippen LogP contribution in [0, 0.1) is 0 Å². The van der Waals surface area contributed by atoms with Crippen molar-refractivity contribution >= 4 is 16.9 Å². The van der Waals surface area contributed by atoms with Crippen LogP contribution in [-0.2, 0) is 29.2 Å². The topological polar surface area (TPSA) is 93.5 Å². The number of benzene rings is 1. The molecule has 1 atom stereocenters. The number of carbonyl (C=O) groups is 1. The number of ether oxygens (including phenoxy) is 1. The van der Waals surface area contributed by atoms with Crippen molar-refractivity contribution in [1.82, 2.24) is 14.9 Å². The van der Waals surface area contributed by atoms with Crippen LogP contribution in [0.2, 0.25) is 0 Å². The molecule has 0 spiro atoms. The summed E-state index contributed by atoms with van der Waals surface area (Å²) >= 11 is 0. The Kier molecular flexibility index (Phi) is 5.64. The van der Waals surface area contributed by atoms with E-state index in [0.29, 0.717) is 36.0 Å². The number of esters is 1. The number of carbonyl (C=O) groups excluding carboxylic acids is 1. The summed E-state index contributed by atoms with van der Waals surface area (Å²) in [6.45, 7) is 9.14. The van der Waals surface area contributed by atoms with Gasteiger partial charge in [0.15, 0.2) is 6.10 Å². The average Bonchev–Trinajstić information content (AvgIpc) is 3.14. The molecule has 31 heavy (non-hydrogen) atoms. The lowest BCUT2D eigenvalue weighted by atomic mass is 9.98. The van der Waals surface area contributed by atoms with Gasteiger partial charge in [-0.2, -0.15) is 0 Å². The molecule has 0 aliphatic carbocycles. The molecule has 3 aromatic rings. The molecule has 7 heteroatoms. The molecule has 0 amide bonds. The lowest BCUT2D eigenvalue weighted by molar-refractivity contribution is -0.157. The first-order valence-corrected chi connectivity index (χ1v) is 10.7. The van der Waals surface area contributed by atoms with Gasteiger partial charge in [0.05, 0.1) is 29.0 Å². The molecular weight excluding hydrogens is 394 g/mol. The predicted molar refractivity (Wildman–Crippen MR) is 119 cm³/mol. The summed E-state index contributed by atoms with van der Waals surface area (Å²) < 4.78 is 6.62. The third-order valence-electron chi connectivity index (χ3n) is 5.67. The summed E-state index contributed by atoms with van der Waals surface area (Å²) in [5.74, 6) is -0.728. The molecule has 1 unspecified atom stereocenters. The van der Waals surface area contributed by atoms with Crippen LogP contribution in [0.1, 0.15) is 56.1 Å². The van der Waals surface area contributed by atoms with Gasteiger partial charge in [0.1, 0.15) is 6.61 Å². The zero-order valence-electron chi connectivity index (χ0n) is 18.2. The maximum atomic E-state index is 13.1. The predicted octanol–water partition coefficient (Wildman–Crippen LogP) is 3.04. The average molecular weight is 421 g/mol. The number of aromatic nitrogens is 2. The number of nitrogens with one attached hydrogen (secondary N) is 1. The van der Waals surface area contributed by atoms with E-state index in [1.54, 1.807) is 10.6 Å². The van der Waals surface area contributed by atoms with Crippen molar-refractivity contribution in [2.75, 3.05) is 0 Å². The number of aliphatic hydroxyl groups is 1. The second-order valence-corrected chi connectivity index (χ2v) is 7.84. The Bertz CT molecular complexity index is 1230. The maximum Gasteiger partial charge on any atom is 0.340 e. The smallest absolute Gasteiger partial charge is 0.340 e. The zero-order chi connectivity index (χ0) is 22.3. The Morgan fingerprint density at radius 3 is 2.71 bits per heavy atom. The molecule has 0 saturated heterocycles. The molecule has 1 aromatic carbocycles. The van der Waals surface area contributed by atoms with E-state index in [9.17, 15) is 14.7 Å². The van der Waals surface area contributed by atoms with E-state index in [4.69, 9.17) is 9.72 Å².